The maximum atomic E-state index is 6.25. The molecule has 0 aliphatic carbocycles. The van der Waals surface area contributed by atoms with Gasteiger partial charge in [0, 0.05) is 32.7 Å². The minimum Gasteiger partial charge on any atom is -0.379 e. The summed E-state index contributed by atoms with van der Waals surface area (Å²) in [5.74, 6) is 0.707. The van der Waals surface area contributed by atoms with Gasteiger partial charge < -0.3 is 15.4 Å². The zero-order valence-corrected chi connectivity index (χ0v) is 14.6. The Labute approximate surface area is 145 Å². The van der Waals surface area contributed by atoms with Gasteiger partial charge >= 0.3 is 0 Å². The first-order valence-corrected chi connectivity index (χ1v) is 9.25. The molecule has 0 aromatic heterocycles. The van der Waals surface area contributed by atoms with E-state index in [1.807, 2.05) is 0 Å². The van der Waals surface area contributed by atoms with Gasteiger partial charge in [0.25, 0.3) is 0 Å². The van der Waals surface area contributed by atoms with Gasteiger partial charge in [-0.25, -0.2) is 4.99 Å². The lowest BCUT2D eigenvalue weighted by molar-refractivity contribution is 0.0341. The molecule has 2 saturated heterocycles. The minimum absolute atomic E-state index is 0.669. The third kappa shape index (κ3) is 4.95. The summed E-state index contributed by atoms with van der Waals surface area (Å²) >= 11 is 0. The van der Waals surface area contributed by atoms with E-state index in [-0.39, 0.29) is 0 Å². The minimum atomic E-state index is 0.669. The molecule has 3 rings (SSSR count). The van der Waals surface area contributed by atoms with Gasteiger partial charge in [-0.1, -0.05) is 37.1 Å². The van der Waals surface area contributed by atoms with E-state index < -0.39 is 0 Å². The Balaban J connectivity index is 1.62. The third-order valence-corrected chi connectivity index (χ3v) is 4.96. The van der Waals surface area contributed by atoms with Crippen molar-refractivity contribution in [2.75, 3.05) is 39.4 Å². The van der Waals surface area contributed by atoms with E-state index in [0.29, 0.717) is 12.5 Å². The van der Waals surface area contributed by atoms with Crippen molar-refractivity contribution in [2.24, 2.45) is 10.7 Å². The number of likely N-dealkylation sites (tertiary alicyclic amines) is 1. The molecule has 132 valence electrons. The lowest BCUT2D eigenvalue weighted by Gasteiger charge is -2.27. The van der Waals surface area contributed by atoms with Crippen LogP contribution in [0.25, 0.3) is 0 Å². The molecule has 0 saturated carbocycles. The number of ether oxygens (including phenoxy) is 1. The van der Waals surface area contributed by atoms with Crippen LogP contribution in [0.15, 0.2) is 29.3 Å². The Kier molecular flexibility index (Phi) is 6.49. The summed E-state index contributed by atoms with van der Waals surface area (Å²) in [6.07, 6.45) is 5.08. The fourth-order valence-corrected chi connectivity index (χ4v) is 3.43. The van der Waals surface area contributed by atoms with Crippen LogP contribution < -0.4 is 5.73 Å². The molecule has 1 aromatic rings. The summed E-state index contributed by atoms with van der Waals surface area (Å²) in [4.78, 5) is 9.39. The van der Waals surface area contributed by atoms with Crippen LogP contribution in [0.3, 0.4) is 0 Å². The van der Waals surface area contributed by atoms with Crippen molar-refractivity contribution in [3.8, 4) is 0 Å². The first-order chi connectivity index (χ1) is 11.8. The largest absolute Gasteiger partial charge is 0.379 e. The molecule has 0 amide bonds. The second-order valence-corrected chi connectivity index (χ2v) is 6.73. The molecule has 2 N–H and O–H groups in total. The molecule has 0 spiro atoms. The number of nitrogens with two attached hydrogens (primary N) is 1. The second kappa shape index (κ2) is 9.04. The predicted octanol–water partition coefficient (Wildman–Crippen LogP) is 2.21. The van der Waals surface area contributed by atoms with Crippen LogP contribution in [0.4, 0.5) is 0 Å². The van der Waals surface area contributed by atoms with Crippen molar-refractivity contribution in [1.82, 2.24) is 9.80 Å². The highest BCUT2D eigenvalue weighted by Crippen LogP contribution is 2.15. The van der Waals surface area contributed by atoms with Gasteiger partial charge in [-0.15, -0.1) is 0 Å². The quantitative estimate of drug-likeness (QED) is 0.679. The zero-order valence-electron chi connectivity index (χ0n) is 14.6. The molecule has 5 nitrogen and oxygen atoms in total. The Morgan fingerprint density at radius 1 is 0.958 bits per heavy atom. The summed E-state index contributed by atoms with van der Waals surface area (Å²) in [7, 11) is 0. The Morgan fingerprint density at radius 3 is 2.33 bits per heavy atom. The highest BCUT2D eigenvalue weighted by Gasteiger charge is 2.13. The van der Waals surface area contributed by atoms with Crippen molar-refractivity contribution in [2.45, 2.75) is 38.8 Å². The first-order valence-electron chi connectivity index (χ1n) is 9.25. The second-order valence-electron chi connectivity index (χ2n) is 6.73. The highest BCUT2D eigenvalue weighted by molar-refractivity contribution is 5.78. The first kappa shape index (κ1) is 17.2. The number of hydrogen-bond donors (Lipinski definition) is 1. The molecular formula is C19H30N4O. The summed E-state index contributed by atoms with van der Waals surface area (Å²) in [6.45, 7) is 7.42. The number of morpholine rings is 1. The number of hydrogen-bond acceptors (Lipinski definition) is 3. The SMILES string of the molecule is NC(=NCc1ccccc1CN1CCOCC1)N1CCCCCC1. The predicted molar refractivity (Wildman–Crippen MR) is 97.9 cm³/mol. The molecule has 2 aliphatic rings. The van der Waals surface area contributed by atoms with Crippen molar-refractivity contribution >= 4 is 5.96 Å². The van der Waals surface area contributed by atoms with Crippen LogP contribution in [0.2, 0.25) is 0 Å². The molecule has 1 aromatic carbocycles. The van der Waals surface area contributed by atoms with Gasteiger partial charge in [0.15, 0.2) is 5.96 Å². The van der Waals surface area contributed by atoms with E-state index in [9.17, 15) is 0 Å². The molecule has 0 bridgehead atoms. The number of benzene rings is 1. The van der Waals surface area contributed by atoms with Crippen LogP contribution in [-0.4, -0.2) is 55.2 Å². The Morgan fingerprint density at radius 2 is 1.62 bits per heavy atom. The lowest BCUT2D eigenvalue weighted by Crippen LogP contribution is -2.38. The highest BCUT2D eigenvalue weighted by atomic mass is 16.5. The monoisotopic (exact) mass is 330 g/mol. The fourth-order valence-electron chi connectivity index (χ4n) is 3.43. The van der Waals surface area contributed by atoms with Crippen LogP contribution >= 0.6 is 0 Å². The smallest absolute Gasteiger partial charge is 0.191 e. The average Bonchev–Trinajstić information content (AvgIpc) is 2.91. The number of nitrogens with zero attached hydrogens (tertiary/aromatic N) is 3. The van der Waals surface area contributed by atoms with Crippen LogP contribution in [-0.2, 0) is 17.8 Å². The van der Waals surface area contributed by atoms with Crippen molar-refractivity contribution in [3.05, 3.63) is 35.4 Å². The molecule has 2 aliphatic heterocycles. The van der Waals surface area contributed by atoms with E-state index in [2.05, 4.69) is 34.1 Å². The maximum Gasteiger partial charge on any atom is 0.191 e. The van der Waals surface area contributed by atoms with Gasteiger partial charge in [-0.3, -0.25) is 4.90 Å². The topological polar surface area (TPSA) is 54.1 Å². The average molecular weight is 330 g/mol. The van der Waals surface area contributed by atoms with Gasteiger partial charge in [0.05, 0.1) is 19.8 Å². The number of aliphatic imine (C=N–C) groups is 1. The molecule has 0 atom stereocenters. The van der Waals surface area contributed by atoms with Crippen molar-refractivity contribution in [3.63, 3.8) is 0 Å². The Hall–Kier alpha value is -1.59. The van der Waals surface area contributed by atoms with Gasteiger partial charge in [0.1, 0.15) is 0 Å². The molecule has 2 fully saturated rings. The van der Waals surface area contributed by atoms with Crippen molar-refractivity contribution in [1.29, 1.82) is 0 Å². The Bertz CT molecular complexity index is 532. The number of guanidine groups is 1. The third-order valence-electron chi connectivity index (χ3n) is 4.96. The van der Waals surface area contributed by atoms with E-state index in [0.717, 1.165) is 45.9 Å². The van der Waals surface area contributed by atoms with Gasteiger partial charge in [-0.2, -0.15) is 0 Å². The standard InChI is InChI=1S/C19H30N4O/c20-19(23-9-5-1-2-6-10-23)21-15-17-7-3-4-8-18(17)16-22-11-13-24-14-12-22/h3-4,7-8H,1-2,5-6,9-16H2,(H2,20,21). The maximum absolute atomic E-state index is 6.25. The summed E-state index contributed by atoms with van der Waals surface area (Å²) < 4.78 is 5.44. The molecule has 5 heteroatoms. The van der Waals surface area contributed by atoms with E-state index in [4.69, 9.17) is 15.5 Å². The van der Waals surface area contributed by atoms with Crippen LogP contribution in [0.5, 0.6) is 0 Å². The normalized spacial score (nSPS) is 20.8. The number of rotatable bonds is 4. The van der Waals surface area contributed by atoms with Gasteiger partial charge in [0.2, 0.25) is 0 Å². The van der Waals surface area contributed by atoms with Crippen molar-refractivity contribution < 1.29 is 4.74 Å². The summed E-state index contributed by atoms with van der Waals surface area (Å²) in [5.41, 5.74) is 8.88. The van der Waals surface area contributed by atoms with E-state index in [1.165, 1.54) is 36.8 Å². The lowest BCUT2D eigenvalue weighted by atomic mass is 10.1. The van der Waals surface area contributed by atoms with E-state index in [1.54, 1.807) is 0 Å². The summed E-state index contributed by atoms with van der Waals surface area (Å²) in [6, 6.07) is 8.59. The molecule has 24 heavy (non-hydrogen) atoms. The fraction of sp³-hybridized carbons (Fsp3) is 0.632. The van der Waals surface area contributed by atoms with E-state index >= 15 is 0 Å². The van der Waals surface area contributed by atoms with Crippen LogP contribution in [0.1, 0.15) is 36.8 Å². The molecule has 0 radical (unpaired) electrons. The van der Waals surface area contributed by atoms with Crippen LogP contribution in [0, 0.1) is 0 Å². The molecule has 2 heterocycles. The zero-order chi connectivity index (χ0) is 16.6. The molecular weight excluding hydrogens is 300 g/mol. The van der Waals surface area contributed by atoms with Gasteiger partial charge in [-0.05, 0) is 24.0 Å². The molecule has 0 unspecified atom stereocenters. The summed E-state index contributed by atoms with van der Waals surface area (Å²) in [5, 5.41) is 0.